The number of amides is 1. The summed E-state index contributed by atoms with van der Waals surface area (Å²) in [7, 11) is 0. The van der Waals surface area contributed by atoms with Gasteiger partial charge in [0.1, 0.15) is 6.04 Å². The first-order valence-electron chi connectivity index (χ1n) is 6.46. The fourth-order valence-electron chi connectivity index (χ4n) is 2.01. The second-order valence-corrected chi connectivity index (χ2v) is 5.39. The summed E-state index contributed by atoms with van der Waals surface area (Å²) < 4.78 is 1.04. The minimum atomic E-state index is -0.306. The summed E-state index contributed by atoms with van der Waals surface area (Å²) in [4.78, 5) is 11.9. The zero-order valence-corrected chi connectivity index (χ0v) is 12.9. The minimum absolute atomic E-state index is 0.0445. The quantitative estimate of drug-likeness (QED) is 0.819. The number of fused-ring (bicyclic) bond motifs is 1. The van der Waals surface area contributed by atoms with Crippen molar-refractivity contribution >= 4 is 38.3 Å². The lowest BCUT2D eigenvalue weighted by Crippen LogP contribution is -2.37. The van der Waals surface area contributed by atoms with E-state index in [4.69, 9.17) is 0 Å². The lowest BCUT2D eigenvalue weighted by molar-refractivity contribution is -0.121. The summed E-state index contributed by atoms with van der Waals surface area (Å²) in [5.74, 6) is -0.0445. The van der Waals surface area contributed by atoms with E-state index in [2.05, 4.69) is 33.1 Å². The Morgan fingerprint density at radius 2 is 2.00 bits per heavy atom. The van der Waals surface area contributed by atoms with Crippen LogP contribution in [0, 0.1) is 0 Å². The molecule has 1 amide bonds. The van der Waals surface area contributed by atoms with Crippen molar-refractivity contribution < 1.29 is 4.79 Å². The lowest BCUT2D eigenvalue weighted by Gasteiger charge is -2.17. The molecular formula is C16H17BrN2O. The molecule has 0 saturated heterocycles. The van der Waals surface area contributed by atoms with E-state index in [0.717, 1.165) is 20.9 Å². The summed E-state index contributed by atoms with van der Waals surface area (Å²) in [6.07, 6.45) is 1.67. The Balaban J connectivity index is 2.24. The molecule has 0 aliphatic heterocycles. The summed E-state index contributed by atoms with van der Waals surface area (Å²) in [6, 6.07) is 11.7. The van der Waals surface area contributed by atoms with Crippen LogP contribution in [0.3, 0.4) is 0 Å². The van der Waals surface area contributed by atoms with Crippen molar-refractivity contribution in [3.63, 3.8) is 0 Å². The molecule has 2 aromatic rings. The molecule has 104 valence electrons. The Bertz CT molecular complexity index is 639. The molecule has 0 aliphatic carbocycles. The van der Waals surface area contributed by atoms with Gasteiger partial charge in [-0.25, -0.2) is 0 Å². The fourth-order valence-corrected chi connectivity index (χ4v) is 2.49. The maximum absolute atomic E-state index is 11.9. The van der Waals surface area contributed by atoms with Gasteiger partial charge >= 0.3 is 0 Å². The second-order valence-electron chi connectivity index (χ2n) is 4.54. The van der Waals surface area contributed by atoms with Crippen LogP contribution in [0.5, 0.6) is 0 Å². The third kappa shape index (κ3) is 3.20. The van der Waals surface area contributed by atoms with Crippen molar-refractivity contribution in [2.45, 2.75) is 13.0 Å². The third-order valence-corrected chi connectivity index (χ3v) is 3.75. The minimum Gasteiger partial charge on any atom is -0.373 e. The van der Waals surface area contributed by atoms with Crippen molar-refractivity contribution in [2.75, 3.05) is 11.9 Å². The van der Waals surface area contributed by atoms with E-state index in [1.54, 1.807) is 6.08 Å². The molecule has 1 atom stereocenters. The molecule has 2 aromatic carbocycles. The first-order valence-corrected chi connectivity index (χ1v) is 7.25. The van der Waals surface area contributed by atoms with Crippen molar-refractivity contribution in [1.82, 2.24) is 5.32 Å². The van der Waals surface area contributed by atoms with Crippen molar-refractivity contribution in [1.29, 1.82) is 0 Å². The Kier molecular flexibility index (Phi) is 4.79. The molecule has 0 aliphatic rings. The van der Waals surface area contributed by atoms with Gasteiger partial charge in [0.2, 0.25) is 5.91 Å². The number of anilines is 1. The zero-order valence-electron chi connectivity index (χ0n) is 11.3. The van der Waals surface area contributed by atoms with Gasteiger partial charge in [0.25, 0.3) is 0 Å². The van der Waals surface area contributed by atoms with Gasteiger partial charge in [-0.2, -0.15) is 0 Å². The molecule has 2 N–H and O–H groups in total. The molecule has 0 saturated carbocycles. The Morgan fingerprint density at radius 3 is 2.70 bits per heavy atom. The monoisotopic (exact) mass is 332 g/mol. The number of hydrogen-bond donors (Lipinski definition) is 2. The Hall–Kier alpha value is -1.81. The van der Waals surface area contributed by atoms with Crippen molar-refractivity contribution in [3.8, 4) is 0 Å². The molecule has 0 heterocycles. The molecule has 3 nitrogen and oxygen atoms in total. The summed E-state index contributed by atoms with van der Waals surface area (Å²) in [5, 5.41) is 8.25. The lowest BCUT2D eigenvalue weighted by atomic mass is 10.1. The van der Waals surface area contributed by atoms with Crippen LogP contribution >= 0.6 is 15.9 Å². The number of halogens is 1. The molecule has 2 rings (SSSR count). The number of nitrogens with one attached hydrogen (secondary N) is 2. The first kappa shape index (κ1) is 14.6. The normalized spacial score (nSPS) is 11.9. The van der Waals surface area contributed by atoms with E-state index in [1.165, 1.54) is 0 Å². The molecule has 4 heteroatoms. The second kappa shape index (κ2) is 6.57. The molecular weight excluding hydrogens is 316 g/mol. The number of carbonyl (C=O) groups is 1. The topological polar surface area (TPSA) is 41.1 Å². The smallest absolute Gasteiger partial charge is 0.242 e. The van der Waals surface area contributed by atoms with Crippen LogP contribution in [0.2, 0.25) is 0 Å². The third-order valence-electron chi connectivity index (χ3n) is 3.06. The highest BCUT2D eigenvalue weighted by Crippen LogP contribution is 2.30. The maximum atomic E-state index is 11.9. The highest BCUT2D eigenvalue weighted by atomic mass is 79.9. The number of hydrogen-bond acceptors (Lipinski definition) is 2. The average Bonchev–Trinajstić information content (AvgIpc) is 2.47. The van der Waals surface area contributed by atoms with E-state index in [9.17, 15) is 4.79 Å². The van der Waals surface area contributed by atoms with Gasteiger partial charge in [0, 0.05) is 22.1 Å². The molecule has 0 spiro atoms. The van der Waals surface area contributed by atoms with Crippen LogP contribution < -0.4 is 10.6 Å². The predicted octanol–water partition coefficient (Wildman–Crippen LogP) is 3.70. The predicted molar refractivity (Wildman–Crippen MR) is 87.9 cm³/mol. The van der Waals surface area contributed by atoms with Gasteiger partial charge in [-0.3, -0.25) is 4.79 Å². The van der Waals surface area contributed by atoms with E-state index < -0.39 is 0 Å². The Labute approximate surface area is 127 Å². The van der Waals surface area contributed by atoms with Gasteiger partial charge in [0.05, 0.1) is 0 Å². The van der Waals surface area contributed by atoms with Gasteiger partial charge < -0.3 is 10.6 Å². The van der Waals surface area contributed by atoms with Crippen LogP contribution in [0.25, 0.3) is 10.8 Å². The molecule has 1 unspecified atom stereocenters. The molecule has 0 radical (unpaired) electrons. The van der Waals surface area contributed by atoms with Crippen LogP contribution in [-0.2, 0) is 4.79 Å². The summed E-state index contributed by atoms with van der Waals surface area (Å²) >= 11 is 3.54. The summed E-state index contributed by atoms with van der Waals surface area (Å²) in [5.41, 5.74) is 0.949. The highest BCUT2D eigenvalue weighted by Gasteiger charge is 2.13. The number of benzene rings is 2. The number of rotatable bonds is 5. The summed E-state index contributed by atoms with van der Waals surface area (Å²) in [6.45, 7) is 5.91. The SMILES string of the molecule is C=CCNC(=O)C(C)Nc1ccc(Br)c2ccccc12. The largest absolute Gasteiger partial charge is 0.373 e. The van der Waals surface area contributed by atoms with Crippen LogP contribution in [0.1, 0.15) is 6.92 Å². The van der Waals surface area contributed by atoms with E-state index in [-0.39, 0.29) is 11.9 Å². The molecule has 0 bridgehead atoms. The average molecular weight is 333 g/mol. The molecule has 0 fully saturated rings. The van der Waals surface area contributed by atoms with Crippen LogP contribution in [-0.4, -0.2) is 18.5 Å². The van der Waals surface area contributed by atoms with E-state index in [1.807, 2.05) is 43.3 Å². The number of carbonyl (C=O) groups excluding carboxylic acids is 1. The van der Waals surface area contributed by atoms with Crippen LogP contribution in [0.15, 0.2) is 53.5 Å². The molecule has 0 aromatic heterocycles. The first-order chi connectivity index (χ1) is 9.63. The van der Waals surface area contributed by atoms with Gasteiger partial charge in [0.15, 0.2) is 0 Å². The maximum Gasteiger partial charge on any atom is 0.242 e. The fraction of sp³-hybridized carbons (Fsp3) is 0.188. The molecule has 20 heavy (non-hydrogen) atoms. The highest BCUT2D eigenvalue weighted by molar-refractivity contribution is 9.10. The van der Waals surface area contributed by atoms with E-state index >= 15 is 0 Å². The van der Waals surface area contributed by atoms with Crippen LogP contribution in [0.4, 0.5) is 5.69 Å². The van der Waals surface area contributed by atoms with Gasteiger partial charge in [-0.05, 0) is 24.4 Å². The Morgan fingerprint density at radius 1 is 1.30 bits per heavy atom. The van der Waals surface area contributed by atoms with Gasteiger partial charge in [-0.15, -0.1) is 6.58 Å². The van der Waals surface area contributed by atoms with Crippen molar-refractivity contribution in [3.05, 3.63) is 53.5 Å². The van der Waals surface area contributed by atoms with E-state index in [0.29, 0.717) is 6.54 Å². The zero-order chi connectivity index (χ0) is 14.5. The van der Waals surface area contributed by atoms with Crippen molar-refractivity contribution in [2.24, 2.45) is 0 Å². The van der Waals surface area contributed by atoms with Gasteiger partial charge in [-0.1, -0.05) is 46.3 Å². The standard InChI is InChI=1S/C16H17BrN2O/c1-3-10-18-16(20)11(2)19-15-9-8-14(17)12-6-4-5-7-13(12)15/h3-9,11,19H,1,10H2,2H3,(H,18,20).